The second-order valence-electron chi connectivity index (χ2n) is 8.97. The van der Waals surface area contributed by atoms with Crippen LogP contribution in [0.3, 0.4) is 0 Å². The lowest BCUT2D eigenvalue weighted by molar-refractivity contribution is -0.131. The number of hydrogen-bond donors (Lipinski definition) is 3. The van der Waals surface area contributed by atoms with Crippen LogP contribution in [0.5, 0.6) is 0 Å². The van der Waals surface area contributed by atoms with E-state index in [1.165, 1.54) is 11.0 Å². The van der Waals surface area contributed by atoms with Gasteiger partial charge in [-0.2, -0.15) is 5.26 Å². The molecule has 200 valence electrons. The molecule has 3 N–H and O–H groups in total. The van der Waals surface area contributed by atoms with E-state index in [0.717, 1.165) is 29.9 Å². The van der Waals surface area contributed by atoms with Crippen LogP contribution in [-0.2, 0) is 9.59 Å². The van der Waals surface area contributed by atoms with Crippen LogP contribution >= 0.6 is 0 Å². The highest BCUT2D eigenvalue weighted by Crippen LogP contribution is 2.21. The highest BCUT2D eigenvalue weighted by Gasteiger charge is 2.10. The maximum atomic E-state index is 12.1. The molecule has 2 rings (SSSR count). The van der Waals surface area contributed by atoms with Crippen molar-refractivity contribution in [2.75, 3.05) is 58.0 Å². The van der Waals surface area contributed by atoms with E-state index in [-0.39, 0.29) is 18.4 Å². The highest BCUT2D eigenvalue weighted by atomic mass is 16.2. The minimum atomic E-state index is -0.202. The molecular formula is C29H37N7O2. The van der Waals surface area contributed by atoms with Gasteiger partial charge in [-0.05, 0) is 51.2 Å². The first-order valence-electron chi connectivity index (χ1n) is 12.7. The van der Waals surface area contributed by atoms with Crippen molar-refractivity contribution in [1.82, 2.24) is 20.1 Å². The smallest absolute Gasteiger partial charge is 0.246 e. The molecule has 0 aliphatic rings. The lowest BCUT2D eigenvalue weighted by Gasteiger charge is -2.14. The first kappa shape index (κ1) is 29.9. The molecule has 0 fully saturated rings. The molecular weight excluding hydrogens is 478 g/mol. The molecule has 1 aromatic carbocycles. The average Bonchev–Trinajstić information content (AvgIpc) is 2.90. The molecule has 9 heteroatoms. The SMILES string of the molecule is CCCNc1cc(Nc2ccc(C#N)cc2)ncc1C#CCCCNC(=O)CN(C)C(=O)/C=C/CN(C)C. The summed E-state index contributed by atoms with van der Waals surface area (Å²) >= 11 is 0. The third-order valence-corrected chi connectivity index (χ3v) is 5.27. The van der Waals surface area contributed by atoms with Crippen molar-refractivity contribution in [1.29, 1.82) is 5.26 Å². The summed E-state index contributed by atoms with van der Waals surface area (Å²) < 4.78 is 0. The van der Waals surface area contributed by atoms with E-state index in [4.69, 9.17) is 5.26 Å². The second-order valence-corrected chi connectivity index (χ2v) is 8.97. The molecule has 2 aromatic rings. The molecule has 0 bridgehead atoms. The van der Waals surface area contributed by atoms with Crippen LogP contribution in [0.1, 0.15) is 37.3 Å². The molecule has 0 atom stereocenters. The fourth-order valence-corrected chi connectivity index (χ4v) is 3.21. The number of nitrogens with one attached hydrogen (secondary N) is 3. The van der Waals surface area contributed by atoms with Gasteiger partial charge in [0.2, 0.25) is 11.8 Å². The number of unbranched alkanes of at least 4 members (excludes halogenated alkanes) is 1. The Morgan fingerprint density at radius 3 is 2.58 bits per heavy atom. The van der Waals surface area contributed by atoms with Gasteiger partial charge >= 0.3 is 0 Å². The van der Waals surface area contributed by atoms with E-state index in [2.05, 4.69) is 45.8 Å². The fourth-order valence-electron chi connectivity index (χ4n) is 3.21. The van der Waals surface area contributed by atoms with Crippen molar-refractivity contribution in [3.63, 3.8) is 0 Å². The highest BCUT2D eigenvalue weighted by molar-refractivity contribution is 5.91. The molecule has 1 aromatic heterocycles. The molecule has 9 nitrogen and oxygen atoms in total. The van der Waals surface area contributed by atoms with Crippen LogP contribution in [0.15, 0.2) is 48.7 Å². The number of pyridine rings is 1. The van der Waals surface area contributed by atoms with E-state index in [1.54, 1.807) is 31.5 Å². The van der Waals surface area contributed by atoms with Gasteiger partial charge in [-0.25, -0.2) is 4.98 Å². The number of carbonyl (C=O) groups excluding carboxylic acids is 2. The van der Waals surface area contributed by atoms with Gasteiger partial charge in [-0.15, -0.1) is 0 Å². The Hall–Kier alpha value is -4.34. The minimum Gasteiger partial charge on any atom is -0.384 e. The molecule has 0 spiro atoms. The molecule has 38 heavy (non-hydrogen) atoms. The Balaban J connectivity index is 1.84. The number of carbonyl (C=O) groups is 2. The summed E-state index contributed by atoms with van der Waals surface area (Å²) in [6, 6.07) is 11.2. The number of likely N-dealkylation sites (N-methyl/N-ethyl adjacent to an activating group) is 2. The lowest BCUT2D eigenvalue weighted by atomic mass is 10.2. The molecule has 0 saturated heterocycles. The number of benzene rings is 1. The zero-order valence-electron chi connectivity index (χ0n) is 22.7. The van der Waals surface area contributed by atoms with E-state index in [9.17, 15) is 9.59 Å². The van der Waals surface area contributed by atoms with Crippen LogP contribution in [-0.4, -0.2) is 73.9 Å². The third kappa shape index (κ3) is 11.2. The third-order valence-electron chi connectivity index (χ3n) is 5.27. The van der Waals surface area contributed by atoms with Gasteiger partial charge in [-0.1, -0.05) is 24.8 Å². The van der Waals surface area contributed by atoms with Gasteiger partial charge in [-0.3, -0.25) is 9.59 Å². The van der Waals surface area contributed by atoms with Crippen molar-refractivity contribution in [2.24, 2.45) is 0 Å². The molecule has 1 heterocycles. The van der Waals surface area contributed by atoms with Crippen molar-refractivity contribution in [2.45, 2.75) is 26.2 Å². The maximum Gasteiger partial charge on any atom is 0.246 e. The molecule has 0 aliphatic carbocycles. The van der Waals surface area contributed by atoms with E-state index in [1.807, 2.05) is 37.2 Å². The minimum absolute atomic E-state index is 0.0117. The standard InChI is InChI=1S/C29H37N7O2/c1-5-16-31-26-19-27(34-25-14-12-23(20-30)13-15-25)33-21-24(26)10-7-6-8-17-32-28(37)22-36(4)29(38)11-9-18-35(2)3/h9,11-15,19,21H,5-6,8,16-18,22H2,1-4H3,(H,32,37)(H2,31,33,34)/b11-9+. The first-order chi connectivity index (χ1) is 18.3. The topological polar surface area (TPSA) is 113 Å². The quantitative estimate of drug-likeness (QED) is 0.213. The number of nitrogens with zero attached hydrogens (tertiary/aromatic N) is 4. The van der Waals surface area contributed by atoms with Gasteiger partial charge < -0.3 is 25.8 Å². The number of anilines is 3. The summed E-state index contributed by atoms with van der Waals surface area (Å²) in [6.45, 7) is 4.07. The normalized spacial score (nSPS) is 10.4. The summed E-state index contributed by atoms with van der Waals surface area (Å²) in [4.78, 5) is 32.0. The Bertz CT molecular complexity index is 1190. The van der Waals surface area contributed by atoms with Crippen LogP contribution in [0.4, 0.5) is 17.2 Å². The van der Waals surface area contributed by atoms with Crippen molar-refractivity contribution in [3.05, 3.63) is 59.8 Å². The Kier molecular flexibility index (Phi) is 12.9. The van der Waals surface area contributed by atoms with E-state index in [0.29, 0.717) is 37.3 Å². The van der Waals surface area contributed by atoms with Gasteiger partial charge in [0.05, 0.1) is 29.4 Å². The first-order valence-corrected chi connectivity index (χ1v) is 12.7. The molecule has 0 aliphatic heterocycles. The van der Waals surface area contributed by atoms with Gasteiger partial charge in [0.1, 0.15) is 5.82 Å². The van der Waals surface area contributed by atoms with Crippen LogP contribution < -0.4 is 16.0 Å². The number of amides is 2. The second kappa shape index (κ2) is 16.4. The van der Waals surface area contributed by atoms with Crippen LogP contribution in [0.2, 0.25) is 0 Å². The van der Waals surface area contributed by atoms with Gasteiger partial charge in [0, 0.05) is 57.1 Å². The molecule has 0 saturated carbocycles. The van der Waals surface area contributed by atoms with Crippen LogP contribution in [0.25, 0.3) is 0 Å². The summed E-state index contributed by atoms with van der Waals surface area (Å²) in [5, 5.41) is 18.4. The molecule has 2 amide bonds. The van der Waals surface area contributed by atoms with Crippen molar-refractivity contribution >= 4 is 29.0 Å². The molecule has 0 radical (unpaired) electrons. The van der Waals surface area contributed by atoms with E-state index < -0.39 is 0 Å². The summed E-state index contributed by atoms with van der Waals surface area (Å²) in [5.74, 6) is 6.61. The summed E-state index contributed by atoms with van der Waals surface area (Å²) in [6.07, 6.45) is 7.27. The number of hydrogen-bond acceptors (Lipinski definition) is 7. The summed E-state index contributed by atoms with van der Waals surface area (Å²) in [5.41, 5.74) is 3.14. The zero-order chi connectivity index (χ0) is 27.8. The maximum absolute atomic E-state index is 12.1. The number of rotatable bonds is 13. The zero-order valence-corrected chi connectivity index (χ0v) is 22.7. The van der Waals surface area contributed by atoms with Gasteiger partial charge in [0.15, 0.2) is 0 Å². The summed E-state index contributed by atoms with van der Waals surface area (Å²) in [7, 11) is 5.45. The van der Waals surface area contributed by atoms with E-state index >= 15 is 0 Å². The fraction of sp³-hybridized carbons (Fsp3) is 0.379. The van der Waals surface area contributed by atoms with Gasteiger partial charge in [0.25, 0.3) is 0 Å². The van der Waals surface area contributed by atoms with Crippen LogP contribution in [0, 0.1) is 23.2 Å². The Morgan fingerprint density at radius 1 is 1.13 bits per heavy atom. The predicted molar refractivity (Wildman–Crippen MR) is 152 cm³/mol. The lowest BCUT2D eigenvalue weighted by Crippen LogP contribution is -2.38. The Morgan fingerprint density at radius 2 is 1.89 bits per heavy atom. The average molecular weight is 516 g/mol. The predicted octanol–water partition coefficient (Wildman–Crippen LogP) is 3.34. The van der Waals surface area contributed by atoms with Crippen molar-refractivity contribution < 1.29 is 9.59 Å². The number of nitriles is 1. The molecule has 0 unspecified atom stereocenters. The van der Waals surface area contributed by atoms with Crippen molar-refractivity contribution in [3.8, 4) is 17.9 Å². The monoisotopic (exact) mass is 515 g/mol. The number of aromatic nitrogens is 1. The largest absolute Gasteiger partial charge is 0.384 e. The Labute approximate surface area is 225 Å².